The van der Waals surface area contributed by atoms with E-state index in [-0.39, 0.29) is 11.9 Å². The number of piperidine rings is 1. The van der Waals surface area contributed by atoms with Gasteiger partial charge in [0, 0.05) is 51.4 Å². The van der Waals surface area contributed by atoms with E-state index >= 15 is 0 Å². The fourth-order valence-electron chi connectivity index (χ4n) is 3.90. The van der Waals surface area contributed by atoms with E-state index in [9.17, 15) is 4.79 Å². The minimum atomic E-state index is 0.0140. The molecule has 6 nitrogen and oxygen atoms in total. The lowest BCUT2D eigenvalue weighted by Gasteiger charge is -2.38. The van der Waals surface area contributed by atoms with E-state index in [0.29, 0.717) is 12.3 Å². The van der Waals surface area contributed by atoms with Crippen molar-refractivity contribution in [2.45, 2.75) is 25.4 Å². The second kappa shape index (κ2) is 6.96. The molecular weight excluding hydrogens is 328 g/mol. The summed E-state index contributed by atoms with van der Waals surface area (Å²) in [6.45, 7) is 1.64. The maximum absolute atomic E-state index is 12.2. The normalized spacial score (nSPS) is 20.8. The smallest absolute Gasteiger partial charge is 0.222 e. The highest BCUT2D eigenvalue weighted by Crippen LogP contribution is 2.34. The van der Waals surface area contributed by atoms with Gasteiger partial charge in [0.2, 0.25) is 5.91 Å². The van der Waals surface area contributed by atoms with Gasteiger partial charge in [-0.2, -0.15) is 0 Å². The number of carbonyl (C=O) groups excluding carboxylic acids is 1. The molecule has 4 rings (SSSR count). The lowest BCUT2D eigenvalue weighted by atomic mass is 9.88. The Morgan fingerprint density at radius 3 is 3.00 bits per heavy atom. The average molecular weight is 352 g/mol. The van der Waals surface area contributed by atoms with Gasteiger partial charge in [0.1, 0.15) is 11.4 Å². The Balaban J connectivity index is 1.45. The van der Waals surface area contributed by atoms with Gasteiger partial charge < -0.3 is 19.2 Å². The zero-order valence-electron chi connectivity index (χ0n) is 15.2. The van der Waals surface area contributed by atoms with Crippen molar-refractivity contribution in [1.82, 2.24) is 19.8 Å². The molecule has 0 radical (unpaired) electrons. The monoisotopic (exact) mass is 352 g/mol. The number of likely N-dealkylation sites (tertiary alicyclic amines) is 1. The van der Waals surface area contributed by atoms with Crippen LogP contribution in [0, 0.1) is 5.92 Å². The number of benzene rings is 1. The minimum absolute atomic E-state index is 0.0140. The topological polar surface area (TPSA) is 63.3 Å². The van der Waals surface area contributed by atoms with E-state index < -0.39 is 0 Å². The molecule has 0 aliphatic carbocycles. The van der Waals surface area contributed by atoms with Crippen molar-refractivity contribution in [2.75, 3.05) is 13.6 Å². The number of furan rings is 1. The van der Waals surface area contributed by atoms with Gasteiger partial charge in [0.05, 0.1) is 12.3 Å². The van der Waals surface area contributed by atoms with Crippen LogP contribution in [0.4, 0.5) is 0 Å². The van der Waals surface area contributed by atoms with E-state index in [2.05, 4.69) is 22.4 Å². The van der Waals surface area contributed by atoms with Crippen molar-refractivity contribution in [3.8, 4) is 0 Å². The van der Waals surface area contributed by atoms with Gasteiger partial charge >= 0.3 is 0 Å². The molecule has 3 aromatic rings. The number of aryl methyl sites for hydroxylation is 1. The van der Waals surface area contributed by atoms with Gasteiger partial charge in [-0.3, -0.25) is 4.79 Å². The number of amides is 1. The van der Waals surface area contributed by atoms with Crippen molar-refractivity contribution < 1.29 is 9.21 Å². The average Bonchev–Trinajstić information content (AvgIpc) is 3.26. The number of nitrogens with zero attached hydrogens (tertiary/aromatic N) is 3. The molecule has 2 atom stereocenters. The first-order valence-electron chi connectivity index (χ1n) is 9.03. The highest BCUT2D eigenvalue weighted by atomic mass is 16.3. The number of hydrogen-bond donors (Lipinski definition) is 1. The van der Waals surface area contributed by atoms with Gasteiger partial charge in [-0.15, -0.1) is 0 Å². The first-order valence-corrected chi connectivity index (χ1v) is 9.03. The minimum Gasteiger partial charge on any atom is -0.464 e. The summed E-state index contributed by atoms with van der Waals surface area (Å²) in [5.41, 5.74) is 2.14. The van der Waals surface area contributed by atoms with Gasteiger partial charge in [-0.05, 0) is 36.1 Å². The fourth-order valence-corrected chi connectivity index (χ4v) is 3.90. The highest BCUT2D eigenvalue weighted by Gasteiger charge is 2.36. The summed E-state index contributed by atoms with van der Waals surface area (Å²) in [5.74, 6) is 1.49. The Kier molecular flexibility index (Phi) is 4.51. The summed E-state index contributed by atoms with van der Waals surface area (Å²) in [6, 6.07) is 8.25. The number of hydrogen-bond acceptors (Lipinski definition) is 4. The van der Waals surface area contributed by atoms with Crippen LogP contribution in [0.5, 0.6) is 0 Å². The summed E-state index contributed by atoms with van der Waals surface area (Å²) in [4.78, 5) is 18.6. The molecule has 1 aromatic carbocycles. The molecule has 0 unspecified atom stereocenters. The van der Waals surface area contributed by atoms with Crippen molar-refractivity contribution in [3.63, 3.8) is 0 Å². The van der Waals surface area contributed by atoms with Crippen LogP contribution in [0.1, 0.15) is 30.3 Å². The first-order chi connectivity index (χ1) is 12.6. The predicted octanol–water partition coefficient (Wildman–Crippen LogP) is 2.87. The SMILES string of the molecule is CN1C(=O)CC[C@H](CNCc2ccc3occc3c2)[C@H]1c1nccn1C. The molecule has 136 valence electrons. The zero-order valence-corrected chi connectivity index (χ0v) is 15.2. The van der Waals surface area contributed by atoms with Crippen molar-refractivity contribution in [3.05, 3.63) is 54.3 Å². The van der Waals surface area contributed by atoms with E-state index in [0.717, 1.165) is 36.3 Å². The van der Waals surface area contributed by atoms with E-state index in [1.165, 1.54) is 5.56 Å². The number of imidazole rings is 1. The maximum Gasteiger partial charge on any atom is 0.222 e. The molecule has 6 heteroatoms. The molecule has 26 heavy (non-hydrogen) atoms. The van der Waals surface area contributed by atoms with Crippen LogP contribution < -0.4 is 5.32 Å². The number of fused-ring (bicyclic) bond motifs is 1. The summed E-state index contributed by atoms with van der Waals surface area (Å²) < 4.78 is 7.41. The standard InChI is InChI=1S/C20H24N4O2/c1-23-9-8-22-20(23)19-16(4-6-18(25)24(19)2)13-21-12-14-3-5-17-15(11-14)7-10-26-17/h3,5,7-11,16,19,21H,4,6,12-13H2,1-2H3/t16-,19+/m1/s1. The Bertz CT molecular complexity index is 913. The lowest BCUT2D eigenvalue weighted by molar-refractivity contribution is -0.137. The Morgan fingerprint density at radius 1 is 1.31 bits per heavy atom. The number of carbonyl (C=O) groups is 1. The third kappa shape index (κ3) is 3.12. The van der Waals surface area contributed by atoms with Crippen LogP contribution in [0.2, 0.25) is 0 Å². The van der Waals surface area contributed by atoms with Crippen LogP contribution in [-0.4, -0.2) is 34.0 Å². The van der Waals surface area contributed by atoms with E-state index in [1.807, 2.05) is 41.9 Å². The highest BCUT2D eigenvalue weighted by molar-refractivity contribution is 5.78. The quantitative estimate of drug-likeness (QED) is 0.767. The van der Waals surface area contributed by atoms with Crippen LogP contribution in [0.3, 0.4) is 0 Å². The number of rotatable bonds is 5. The van der Waals surface area contributed by atoms with Crippen molar-refractivity contribution in [2.24, 2.45) is 13.0 Å². The molecule has 3 heterocycles. The summed E-state index contributed by atoms with van der Waals surface area (Å²) >= 11 is 0. The lowest BCUT2D eigenvalue weighted by Crippen LogP contribution is -2.44. The molecule has 1 aliphatic heterocycles. The largest absolute Gasteiger partial charge is 0.464 e. The number of aromatic nitrogens is 2. The second-order valence-corrected chi connectivity index (χ2v) is 7.07. The molecule has 2 aromatic heterocycles. The second-order valence-electron chi connectivity index (χ2n) is 7.07. The van der Waals surface area contributed by atoms with Crippen molar-refractivity contribution in [1.29, 1.82) is 0 Å². The Morgan fingerprint density at radius 2 is 2.19 bits per heavy atom. The van der Waals surface area contributed by atoms with Crippen LogP contribution in [0.15, 0.2) is 47.3 Å². The molecule has 1 fully saturated rings. The summed E-state index contributed by atoms with van der Waals surface area (Å²) in [7, 11) is 3.88. The molecule has 1 N–H and O–H groups in total. The molecule has 1 saturated heterocycles. The molecule has 0 saturated carbocycles. The maximum atomic E-state index is 12.2. The summed E-state index contributed by atoms with van der Waals surface area (Å²) in [6.07, 6.45) is 6.94. The van der Waals surface area contributed by atoms with Gasteiger partial charge in [0.25, 0.3) is 0 Å². The van der Waals surface area contributed by atoms with E-state index in [1.54, 1.807) is 12.5 Å². The zero-order chi connectivity index (χ0) is 18.1. The molecule has 1 aliphatic rings. The molecule has 0 spiro atoms. The van der Waals surface area contributed by atoms with Crippen molar-refractivity contribution >= 4 is 16.9 Å². The summed E-state index contributed by atoms with van der Waals surface area (Å²) in [5, 5.41) is 4.69. The fraction of sp³-hybridized carbons (Fsp3) is 0.400. The Labute approximate surface area is 152 Å². The van der Waals surface area contributed by atoms with E-state index in [4.69, 9.17) is 4.42 Å². The number of nitrogens with one attached hydrogen (secondary N) is 1. The molecular formula is C20H24N4O2. The van der Waals surface area contributed by atoms with Gasteiger partial charge in [-0.25, -0.2) is 4.98 Å². The van der Waals surface area contributed by atoms with Crippen LogP contribution >= 0.6 is 0 Å². The molecule has 1 amide bonds. The molecule has 0 bridgehead atoms. The van der Waals surface area contributed by atoms with Gasteiger partial charge in [0.15, 0.2) is 0 Å². The van der Waals surface area contributed by atoms with Crippen LogP contribution in [-0.2, 0) is 18.4 Å². The Hall–Kier alpha value is -2.60. The predicted molar refractivity (Wildman–Crippen MR) is 99.4 cm³/mol. The van der Waals surface area contributed by atoms with Crippen LogP contribution in [0.25, 0.3) is 11.0 Å². The first kappa shape index (κ1) is 16.8. The third-order valence-corrected chi connectivity index (χ3v) is 5.36. The third-order valence-electron chi connectivity index (χ3n) is 5.36. The van der Waals surface area contributed by atoms with Gasteiger partial charge in [-0.1, -0.05) is 6.07 Å².